The number of hydrogen-bond acceptors (Lipinski definition) is 5. The van der Waals surface area contributed by atoms with Gasteiger partial charge in [-0.25, -0.2) is 15.0 Å². The molecule has 1 amide bonds. The number of nitrogens with one attached hydrogen (secondary N) is 2. The highest BCUT2D eigenvalue weighted by Gasteiger charge is 2.43. The van der Waals surface area contributed by atoms with E-state index in [9.17, 15) is 4.79 Å². The highest BCUT2D eigenvalue weighted by molar-refractivity contribution is 6.31. The van der Waals surface area contributed by atoms with Gasteiger partial charge in [0.05, 0.1) is 5.02 Å². The predicted octanol–water partition coefficient (Wildman–Crippen LogP) is 3.41. The molecule has 1 aliphatic rings. The van der Waals surface area contributed by atoms with Crippen LogP contribution in [0.15, 0.2) is 30.7 Å². The quantitative estimate of drug-likeness (QED) is 0.717. The van der Waals surface area contributed by atoms with Crippen LogP contribution in [0.1, 0.15) is 28.1 Å². The highest BCUT2D eigenvalue weighted by Crippen LogP contribution is 2.34. The minimum absolute atomic E-state index is 0. The lowest BCUT2D eigenvalue weighted by atomic mass is 9.97. The van der Waals surface area contributed by atoms with Crippen molar-refractivity contribution >= 4 is 34.4 Å². The van der Waals surface area contributed by atoms with Gasteiger partial charge in [-0.15, -0.1) is 0 Å². The molecule has 0 aromatic carbocycles. The second kappa shape index (κ2) is 6.81. The number of pyridine rings is 1. The Morgan fingerprint density at radius 2 is 2.33 bits per heavy atom. The van der Waals surface area contributed by atoms with Crippen LogP contribution in [0.4, 0.5) is 5.82 Å². The molecule has 7 nitrogen and oxygen atoms in total. The molecule has 0 bridgehead atoms. The van der Waals surface area contributed by atoms with Crippen molar-refractivity contribution in [1.29, 1.82) is 0 Å². The molecule has 0 unspecified atom stereocenters. The minimum atomic E-state index is -0.604. The average molecular weight is 387 g/mol. The van der Waals surface area contributed by atoms with Gasteiger partial charge in [0.25, 0.3) is 0 Å². The van der Waals surface area contributed by atoms with Crippen molar-refractivity contribution in [3.05, 3.63) is 35.7 Å². The fourth-order valence-electron chi connectivity index (χ4n) is 3.71. The van der Waals surface area contributed by atoms with Crippen LogP contribution in [-0.4, -0.2) is 44.5 Å². The molecule has 0 saturated carbocycles. The molecule has 1 atom stereocenters. The number of fused-ring (bicyclic) bond motifs is 1. The number of rotatable bonds is 4. The van der Waals surface area contributed by atoms with E-state index in [1.807, 2.05) is 32.2 Å². The number of likely N-dealkylation sites (N-methyl/N-ethyl adjacent to an activating group) is 1. The smallest absolute Gasteiger partial charge is 0.245 e. The summed E-state index contributed by atoms with van der Waals surface area (Å²) in [7, 11) is 0. The molecule has 3 aromatic heterocycles. The van der Waals surface area contributed by atoms with Gasteiger partial charge in [-0.05, 0) is 38.8 Å². The number of aromatic amines is 1. The summed E-state index contributed by atoms with van der Waals surface area (Å²) in [4.78, 5) is 31.3. The summed E-state index contributed by atoms with van der Waals surface area (Å²) in [6.07, 6.45) is 6.90. The molecule has 142 valence electrons. The summed E-state index contributed by atoms with van der Waals surface area (Å²) < 4.78 is 0. The van der Waals surface area contributed by atoms with Gasteiger partial charge < -0.3 is 15.2 Å². The minimum Gasteiger partial charge on any atom is -0.354 e. The van der Waals surface area contributed by atoms with Gasteiger partial charge in [0.1, 0.15) is 17.0 Å². The molecular formula is C19H23ClN6O. The van der Waals surface area contributed by atoms with E-state index in [1.54, 1.807) is 12.4 Å². The van der Waals surface area contributed by atoms with Crippen molar-refractivity contribution in [2.75, 3.05) is 18.0 Å². The van der Waals surface area contributed by atoms with Crippen molar-refractivity contribution in [3.8, 4) is 11.4 Å². The molecule has 0 aliphatic carbocycles. The molecule has 0 radical (unpaired) electrons. The topological polar surface area (TPSA) is 86.8 Å². The second-order valence-corrected chi connectivity index (χ2v) is 7.32. The van der Waals surface area contributed by atoms with Crippen molar-refractivity contribution in [2.24, 2.45) is 0 Å². The Balaban J connectivity index is 0.00000225. The van der Waals surface area contributed by atoms with Crippen LogP contribution < -0.4 is 10.2 Å². The molecule has 27 heavy (non-hydrogen) atoms. The standard InChI is InChI=1S/C19H21ClN6O.H2/c1-3-21-18(27)19(2)6-4-8-26(19)15-5-7-22-17(25-15)14-11-24-16-13(14)9-12(20)10-23-16;/h5,7,9-11H,3-4,6,8H2,1-2H3,(H,21,27)(H,23,24);1H/t19-;/m1./s1. The molecular weight excluding hydrogens is 364 g/mol. The van der Waals surface area contributed by atoms with E-state index in [4.69, 9.17) is 16.6 Å². The van der Waals surface area contributed by atoms with Crippen LogP contribution in [0, 0.1) is 0 Å². The van der Waals surface area contributed by atoms with E-state index >= 15 is 0 Å². The van der Waals surface area contributed by atoms with E-state index in [0.717, 1.165) is 41.8 Å². The van der Waals surface area contributed by atoms with Crippen LogP contribution >= 0.6 is 11.6 Å². The van der Waals surface area contributed by atoms with Crippen molar-refractivity contribution in [1.82, 2.24) is 25.3 Å². The molecule has 8 heteroatoms. The predicted molar refractivity (Wildman–Crippen MR) is 108 cm³/mol. The van der Waals surface area contributed by atoms with Crippen molar-refractivity contribution in [2.45, 2.75) is 32.2 Å². The lowest BCUT2D eigenvalue weighted by molar-refractivity contribution is -0.125. The number of hydrogen-bond donors (Lipinski definition) is 2. The number of halogens is 1. The normalized spacial score (nSPS) is 19.6. The third kappa shape index (κ3) is 3.02. The molecule has 3 aromatic rings. The molecule has 4 heterocycles. The number of nitrogens with zero attached hydrogens (tertiary/aromatic N) is 4. The monoisotopic (exact) mass is 386 g/mol. The number of carbonyl (C=O) groups excluding carboxylic acids is 1. The first-order chi connectivity index (χ1) is 13.0. The maximum atomic E-state index is 12.7. The lowest BCUT2D eigenvalue weighted by Crippen LogP contribution is -2.53. The summed E-state index contributed by atoms with van der Waals surface area (Å²) in [6.45, 7) is 5.30. The zero-order valence-corrected chi connectivity index (χ0v) is 16.0. The molecule has 1 aliphatic heterocycles. The summed E-state index contributed by atoms with van der Waals surface area (Å²) in [5, 5.41) is 4.37. The van der Waals surface area contributed by atoms with Gasteiger partial charge in [-0.1, -0.05) is 11.6 Å². The summed E-state index contributed by atoms with van der Waals surface area (Å²) >= 11 is 6.10. The van der Waals surface area contributed by atoms with Gasteiger partial charge in [-0.3, -0.25) is 4.79 Å². The Hall–Kier alpha value is -2.67. The maximum Gasteiger partial charge on any atom is 0.245 e. The summed E-state index contributed by atoms with van der Waals surface area (Å²) in [6, 6.07) is 3.70. The Bertz CT molecular complexity index is 1010. The van der Waals surface area contributed by atoms with Crippen molar-refractivity contribution in [3.63, 3.8) is 0 Å². The first-order valence-corrected chi connectivity index (χ1v) is 9.42. The van der Waals surface area contributed by atoms with Gasteiger partial charge in [0, 0.05) is 44.1 Å². The molecule has 2 N–H and O–H groups in total. The van der Waals surface area contributed by atoms with E-state index in [0.29, 0.717) is 17.4 Å². The second-order valence-electron chi connectivity index (χ2n) is 6.88. The SMILES string of the molecule is CCNC(=O)[C@@]1(C)CCCN1c1ccnc(-c2c[nH]c3ncc(Cl)cc23)n1.[HH]. The van der Waals surface area contributed by atoms with Gasteiger partial charge in [-0.2, -0.15) is 0 Å². The lowest BCUT2D eigenvalue weighted by Gasteiger charge is -2.34. The zero-order chi connectivity index (χ0) is 19.0. The Morgan fingerprint density at radius 1 is 1.48 bits per heavy atom. The van der Waals surface area contributed by atoms with Gasteiger partial charge >= 0.3 is 0 Å². The molecule has 0 spiro atoms. The molecule has 4 rings (SSSR count). The summed E-state index contributed by atoms with van der Waals surface area (Å²) in [5.41, 5.74) is 0.963. The van der Waals surface area contributed by atoms with E-state index in [1.165, 1.54) is 0 Å². The third-order valence-electron chi connectivity index (χ3n) is 5.12. The van der Waals surface area contributed by atoms with E-state index in [-0.39, 0.29) is 7.33 Å². The number of carbonyl (C=O) groups is 1. The summed E-state index contributed by atoms with van der Waals surface area (Å²) in [5.74, 6) is 1.36. The van der Waals surface area contributed by atoms with Crippen LogP contribution in [0.25, 0.3) is 22.4 Å². The highest BCUT2D eigenvalue weighted by atomic mass is 35.5. The number of anilines is 1. The van der Waals surface area contributed by atoms with Gasteiger partial charge in [0.2, 0.25) is 5.91 Å². The fourth-order valence-corrected chi connectivity index (χ4v) is 3.87. The first kappa shape index (κ1) is 17.7. The Kier molecular flexibility index (Phi) is 4.47. The number of amides is 1. The maximum absolute atomic E-state index is 12.7. The van der Waals surface area contributed by atoms with Crippen molar-refractivity contribution < 1.29 is 6.22 Å². The van der Waals surface area contributed by atoms with Crippen LogP contribution in [0.3, 0.4) is 0 Å². The molecule has 1 saturated heterocycles. The van der Waals surface area contributed by atoms with E-state index in [2.05, 4.69) is 25.2 Å². The Labute approximate surface area is 163 Å². The van der Waals surface area contributed by atoms with Crippen LogP contribution in [0.5, 0.6) is 0 Å². The van der Waals surface area contributed by atoms with Gasteiger partial charge in [0.15, 0.2) is 5.82 Å². The number of aromatic nitrogens is 4. The van der Waals surface area contributed by atoms with Crippen LogP contribution in [0.2, 0.25) is 5.02 Å². The fraction of sp³-hybridized carbons (Fsp3) is 0.368. The first-order valence-electron chi connectivity index (χ1n) is 9.05. The third-order valence-corrected chi connectivity index (χ3v) is 5.33. The number of H-pyrrole nitrogens is 1. The largest absolute Gasteiger partial charge is 0.354 e. The van der Waals surface area contributed by atoms with E-state index < -0.39 is 5.54 Å². The Morgan fingerprint density at radius 3 is 3.15 bits per heavy atom. The zero-order valence-electron chi connectivity index (χ0n) is 15.3. The molecule has 1 fully saturated rings. The van der Waals surface area contributed by atoms with Crippen LogP contribution in [-0.2, 0) is 4.79 Å². The average Bonchev–Trinajstić information content (AvgIpc) is 3.26.